The van der Waals surface area contributed by atoms with Crippen molar-refractivity contribution in [1.82, 2.24) is 15.2 Å². The second kappa shape index (κ2) is 9.70. The molecule has 5 rings (SSSR count). The Kier molecular flexibility index (Phi) is 6.35. The van der Waals surface area contributed by atoms with E-state index in [1.165, 1.54) is 16.6 Å². The molecule has 32 heavy (non-hydrogen) atoms. The van der Waals surface area contributed by atoms with Crippen LogP contribution in [0.3, 0.4) is 0 Å². The lowest BCUT2D eigenvalue weighted by molar-refractivity contribution is -0.129. The van der Waals surface area contributed by atoms with Crippen molar-refractivity contribution in [2.24, 2.45) is 0 Å². The van der Waals surface area contributed by atoms with Crippen LogP contribution >= 0.6 is 0 Å². The van der Waals surface area contributed by atoms with Gasteiger partial charge in [0.25, 0.3) is 0 Å². The number of amides is 1. The van der Waals surface area contributed by atoms with Gasteiger partial charge in [0.2, 0.25) is 5.91 Å². The van der Waals surface area contributed by atoms with Crippen molar-refractivity contribution in [1.29, 1.82) is 0 Å². The van der Waals surface area contributed by atoms with E-state index in [1.54, 1.807) is 0 Å². The highest BCUT2D eigenvalue weighted by atomic mass is 16.2. The van der Waals surface area contributed by atoms with Crippen molar-refractivity contribution in [3.05, 3.63) is 71.9 Å². The molecule has 0 unspecified atom stereocenters. The predicted octanol–water partition coefficient (Wildman–Crippen LogP) is 4.16. The largest absolute Gasteiger partial charge is 0.371 e. The number of anilines is 1. The summed E-state index contributed by atoms with van der Waals surface area (Å²) in [5.74, 6) is 0.268. The molecule has 1 aromatic heterocycles. The Bertz CT molecular complexity index is 1050. The number of benzene rings is 2. The van der Waals surface area contributed by atoms with Gasteiger partial charge in [0.1, 0.15) is 0 Å². The lowest BCUT2D eigenvalue weighted by Crippen LogP contribution is -2.42. The van der Waals surface area contributed by atoms with E-state index in [1.807, 2.05) is 17.2 Å². The summed E-state index contributed by atoms with van der Waals surface area (Å²) in [6.45, 7) is 4.88. The van der Waals surface area contributed by atoms with Crippen LogP contribution in [-0.2, 0) is 17.8 Å². The minimum Gasteiger partial charge on any atom is -0.371 e. The van der Waals surface area contributed by atoms with E-state index in [0.717, 1.165) is 69.5 Å². The fourth-order valence-electron chi connectivity index (χ4n) is 4.92. The van der Waals surface area contributed by atoms with Gasteiger partial charge in [0.15, 0.2) is 0 Å². The Balaban J connectivity index is 1.09. The van der Waals surface area contributed by atoms with E-state index in [9.17, 15) is 4.79 Å². The summed E-state index contributed by atoms with van der Waals surface area (Å²) in [6, 6.07) is 19.8. The second-order valence-corrected chi connectivity index (χ2v) is 9.10. The maximum absolute atomic E-state index is 12.4. The Hall–Kier alpha value is -2.92. The van der Waals surface area contributed by atoms with Crippen LogP contribution in [0.5, 0.6) is 0 Å². The molecule has 2 aliphatic rings. The first kappa shape index (κ1) is 21.0. The summed E-state index contributed by atoms with van der Waals surface area (Å²) in [4.78, 5) is 21.2. The molecule has 0 saturated carbocycles. The first-order valence-electron chi connectivity index (χ1n) is 11.9. The SMILES string of the molecule is O=C(Cc1ccc(N2CCC(NCc3ccc4ncccc4c3)CC2)cc1)N1CCCC1. The van der Waals surface area contributed by atoms with E-state index < -0.39 is 0 Å². The third kappa shape index (κ3) is 4.94. The molecule has 2 saturated heterocycles. The molecule has 0 aliphatic carbocycles. The van der Waals surface area contributed by atoms with Gasteiger partial charge in [0, 0.05) is 56.0 Å². The number of hydrogen-bond acceptors (Lipinski definition) is 4. The van der Waals surface area contributed by atoms with Crippen LogP contribution in [0.4, 0.5) is 5.69 Å². The van der Waals surface area contributed by atoms with Crippen LogP contribution < -0.4 is 10.2 Å². The summed E-state index contributed by atoms with van der Waals surface area (Å²) in [6.07, 6.45) is 6.95. The monoisotopic (exact) mass is 428 g/mol. The lowest BCUT2D eigenvalue weighted by Gasteiger charge is -2.34. The van der Waals surface area contributed by atoms with Gasteiger partial charge in [-0.05, 0) is 67.1 Å². The molecule has 1 amide bonds. The van der Waals surface area contributed by atoms with Crippen LogP contribution in [0.25, 0.3) is 10.9 Å². The quantitative estimate of drug-likeness (QED) is 0.641. The molecule has 166 valence electrons. The van der Waals surface area contributed by atoms with E-state index in [-0.39, 0.29) is 5.91 Å². The highest BCUT2D eigenvalue weighted by Crippen LogP contribution is 2.22. The molecule has 3 heterocycles. The average Bonchev–Trinajstić information content (AvgIpc) is 3.39. The van der Waals surface area contributed by atoms with Crippen LogP contribution in [0.15, 0.2) is 60.8 Å². The van der Waals surface area contributed by atoms with Crippen molar-refractivity contribution in [2.75, 3.05) is 31.1 Å². The zero-order chi connectivity index (χ0) is 21.8. The maximum atomic E-state index is 12.4. The zero-order valence-corrected chi connectivity index (χ0v) is 18.7. The topological polar surface area (TPSA) is 48.5 Å². The lowest BCUT2D eigenvalue weighted by atomic mass is 10.0. The van der Waals surface area contributed by atoms with Crippen molar-refractivity contribution in [2.45, 2.75) is 44.7 Å². The van der Waals surface area contributed by atoms with Crippen LogP contribution in [0.2, 0.25) is 0 Å². The van der Waals surface area contributed by atoms with Crippen LogP contribution in [-0.4, -0.2) is 48.0 Å². The Morgan fingerprint density at radius 3 is 2.47 bits per heavy atom. The smallest absolute Gasteiger partial charge is 0.226 e. The second-order valence-electron chi connectivity index (χ2n) is 9.10. The molecule has 5 heteroatoms. The number of pyridine rings is 1. The van der Waals surface area contributed by atoms with Crippen molar-refractivity contribution < 1.29 is 4.79 Å². The highest BCUT2D eigenvalue weighted by Gasteiger charge is 2.20. The minimum atomic E-state index is 0.268. The molecule has 0 spiro atoms. The Labute approximate surface area is 190 Å². The van der Waals surface area contributed by atoms with E-state index in [2.05, 4.69) is 63.7 Å². The van der Waals surface area contributed by atoms with Gasteiger partial charge >= 0.3 is 0 Å². The van der Waals surface area contributed by atoms with Gasteiger partial charge in [-0.2, -0.15) is 0 Å². The molecule has 1 N–H and O–H groups in total. The summed E-state index contributed by atoms with van der Waals surface area (Å²) in [5.41, 5.74) is 4.75. The molecular weight excluding hydrogens is 396 g/mol. The van der Waals surface area contributed by atoms with Gasteiger partial charge in [-0.15, -0.1) is 0 Å². The van der Waals surface area contributed by atoms with Crippen molar-refractivity contribution >= 4 is 22.5 Å². The molecular formula is C27H32N4O. The number of carbonyl (C=O) groups is 1. The normalized spacial score (nSPS) is 17.2. The third-order valence-electron chi connectivity index (χ3n) is 6.87. The van der Waals surface area contributed by atoms with Gasteiger partial charge in [-0.25, -0.2) is 0 Å². The number of piperidine rings is 1. The number of likely N-dealkylation sites (tertiary alicyclic amines) is 1. The first-order chi connectivity index (χ1) is 15.7. The first-order valence-corrected chi connectivity index (χ1v) is 11.9. The molecule has 2 aliphatic heterocycles. The summed E-state index contributed by atoms with van der Waals surface area (Å²) in [5, 5.41) is 4.94. The molecule has 3 aromatic rings. The number of nitrogens with one attached hydrogen (secondary N) is 1. The number of rotatable bonds is 6. The molecule has 2 aromatic carbocycles. The fourth-order valence-corrected chi connectivity index (χ4v) is 4.92. The third-order valence-corrected chi connectivity index (χ3v) is 6.87. The number of aromatic nitrogens is 1. The maximum Gasteiger partial charge on any atom is 0.226 e. The number of hydrogen-bond donors (Lipinski definition) is 1. The Morgan fingerprint density at radius 1 is 0.938 bits per heavy atom. The van der Waals surface area contributed by atoms with E-state index >= 15 is 0 Å². The number of carbonyl (C=O) groups excluding carboxylic acids is 1. The standard InChI is InChI=1S/C27H32N4O/c32-27(31-14-1-2-15-31)19-21-5-8-25(9-6-21)30-16-11-24(12-17-30)29-20-22-7-10-26-23(18-22)4-3-13-28-26/h3-10,13,18,24,29H,1-2,11-12,14-17,19-20H2. The molecule has 0 bridgehead atoms. The molecule has 2 fully saturated rings. The molecule has 0 radical (unpaired) electrons. The summed E-state index contributed by atoms with van der Waals surface area (Å²) >= 11 is 0. The predicted molar refractivity (Wildman–Crippen MR) is 130 cm³/mol. The molecule has 0 atom stereocenters. The van der Waals surface area contributed by atoms with Gasteiger partial charge in [0.05, 0.1) is 11.9 Å². The van der Waals surface area contributed by atoms with Crippen molar-refractivity contribution in [3.63, 3.8) is 0 Å². The average molecular weight is 429 g/mol. The zero-order valence-electron chi connectivity index (χ0n) is 18.7. The van der Waals surface area contributed by atoms with E-state index in [4.69, 9.17) is 0 Å². The summed E-state index contributed by atoms with van der Waals surface area (Å²) < 4.78 is 0. The van der Waals surface area contributed by atoms with Crippen LogP contribution in [0, 0.1) is 0 Å². The van der Waals surface area contributed by atoms with Crippen molar-refractivity contribution in [3.8, 4) is 0 Å². The minimum absolute atomic E-state index is 0.268. The number of fused-ring (bicyclic) bond motifs is 1. The Morgan fingerprint density at radius 2 is 1.69 bits per heavy atom. The molecule has 5 nitrogen and oxygen atoms in total. The highest BCUT2D eigenvalue weighted by molar-refractivity contribution is 5.79. The van der Waals surface area contributed by atoms with Gasteiger partial charge < -0.3 is 15.1 Å². The van der Waals surface area contributed by atoms with Crippen LogP contribution in [0.1, 0.15) is 36.8 Å². The van der Waals surface area contributed by atoms with E-state index in [0.29, 0.717) is 12.5 Å². The van der Waals surface area contributed by atoms with Gasteiger partial charge in [-0.1, -0.05) is 24.3 Å². The summed E-state index contributed by atoms with van der Waals surface area (Å²) in [7, 11) is 0. The fraction of sp³-hybridized carbons (Fsp3) is 0.407. The number of nitrogens with zero attached hydrogens (tertiary/aromatic N) is 3. The van der Waals surface area contributed by atoms with Gasteiger partial charge in [-0.3, -0.25) is 9.78 Å².